The van der Waals surface area contributed by atoms with Crippen molar-refractivity contribution in [1.82, 2.24) is 4.72 Å². The Morgan fingerprint density at radius 2 is 3.00 bits per heavy atom. The van der Waals surface area contributed by atoms with Gasteiger partial charge in [-0.2, -0.15) is 4.72 Å². The first-order valence-electron chi connectivity index (χ1n) is 1.32. The minimum atomic E-state index is 0.796. The van der Waals surface area contributed by atoms with Gasteiger partial charge in [-0.3, -0.25) is 0 Å². The smallest absolute Gasteiger partial charge is 0.169 e. The van der Waals surface area contributed by atoms with Gasteiger partial charge in [-0.15, -0.1) is 0 Å². The van der Waals surface area contributed by atoms with E-state index in [4.69, 9.17) is 0 Å². The Morgan fingerprint density at radius 1 is 2.00 bits per heavy atom. The lowest BCUT2D eigenvalue weighted by Gasteiger charge is -1.58. The molecular formula is C2H3N2S+. The van der Waals surface area contributed by atoms with Crippen molar-refractivity contribution >= 4 is 12.1 Å². The highest BCUT2D eigenvalue weighted by Crippen LogP contribution is 1.96. The fraction of sp³-hybridized carbons (Fsp3) is 0.500. The van der Waals surface area contributed by atoms with Crippen LogP contribution in [0.4, 0.5) is 0 Å². The van der Waals surface area contributed by atoms with E-state index in [9.17, 15) is 0 Å². The number of hydrogen-bond acceptors (Lipinski definition) is 2. The molecule has 2 nitrogen and oxygen atoms in total. The molecular weight excluding hydrogens is 84.1 g/mol. The van der Waals surface area contributed by atoms with Gasteiger partial charge in [-0.1, -0.05) is 0 Å². The molecule has 0 aromatic rings. The van der Waals surface area contributed by atoms with Crippen molar-refractivity contribution in [2.45, 2.75) is 0 Å². The second kappa shape index (κ2) is 1.29. The summed E-state index contributed by atoms with van der Waals surface area (Å²) in [5.74, 6) is 0. The normalized spacial score (nSPS) is 17.6. The lowest BCUT2D eigenvalue weighted by molar-refractivity contribution is 1.18. The molecule has 1 aliphatic rings. The highest BCUT2D eigenvalue weighted by atomic mass is 32.2. The van der Waals surface area contributed by atoms with Crippen molar-refractivity contribution in [3.05, 3.63) is 4.25 Å². The van der Waals surface area contributed by atoms with Crippen LogP contribution >= 0.6 is 12.1 Å². The van der Waals surface area contributed by atoms with Crippen molar-refractivity contribution < 1.29 is 0 Å². The summed E-state index contributed by atoms with van der Waals surface area (Å²) in [7, 11) is 0. The molecule has 1 heterocycles. The van der Waals surface area contributed by atoms with E-state index in [1.165, 1.54) is 12.1 Å². The Labute approximate surface area is 34.6 Å². The molecule has 0 saturated carbocycles. The van der Waals surface area contributed by atoms with E-state index in [1.54, 1.807) is 0 Å². The summed E-state index contributed by atoms with van der Waals surface area (Å²) >= 11 is 1.34. The molecule has 0 unspecified atom stereocenters. The summed E-state index contributed by atoms with van der Waals surface area (Å²) in [5.41, 5.74) is 0. The first kappa shape index (κ1) is 3.01. The minimum absolute atomic E-state index is 0.796. The van der Waals surface area contributed by atoms with Gasteiger partial charge in [-0.05, 0) is 0 Å². The van der Waals surface area contributed by atoms with Crippen molar-refractivity contribution in [3.8, 4) is 6.07 Å². The highest BCUT2D eigenvalue weighted by molar-refractivity contribution is 7.99. The molecule has 1 N–H and O–H groups in total. The molecule has 0 bridgehead atoms. The van der Waals surface area contributed by atoms with Crippen LogP contribution in [-0.2, 0) is 0 Å². The van der Waals surface area contributed by atoms with Crippen LogP contribution in [0.2, 0.25) is 0 Å². The maximum Gasteiger partial charge on any atom is 0.407 e. The molecule has 0 aromatic heterocycles. The van der Waals surface area contributed by atoms with E-state index in [2.05, 4.69) is 15.0 Å². The lowest BCUT2D eigenvalue weighted by atomic mass is 10.8. The summed E-state index contributed by atoms with van der Waals surface area (Å²) < 4.78 is 6.50. The third-order valence-corrected chi connectivity index (χ3v) is 0.820. The number of hydrogen-bond donors (Lipinski definition) is 1. The zero-order valence-corrected chi connectivity index (χ0v) is 3.38. The second-order valence-corrected chi connectivity index (χ2v) is 1.32. The number of rotatable bonds is 0. The summed E-state index contributed by atoms with van der Waals surface area (Å²) in [5, 5.41) is 0. The van der Waals surface area contributed by atoms with Gasteiger partial charge in [0.05, 0.1) is 0 Å². The maximum atomic E-state index is 3.64. The average molecular weight is 87.1 g/mol. The van der Waals surface area contributed by atoms with Crippen LogP contribution in [0.25, 0.3) is 4.25 Å². The van der Waals surface area contributed by atoms with E-state index in [0.29, 0.717) is 0 Å². The van der Waals surface area contributed by atoms with Crippen LogP contribution in [0.5, 0.6) is 0 Å². The first-order chi connectivity index (χ1) is 2.50. The van der Waals surface area contributed by atoms with E-state index in [-0.39, 0.29) is 0 Å². The molecule has 0 spiro atoms. The predicted molar refractivity (Wildman–Crippen MR) is 22.8 cm³/mol. The highest BCUT2D eigenvalue weighted by Gasteiger charge is 2.01. The van der Waals surface area contributed by atoms with Crippen LogP contribution < -0.4 is 4.72 Å². The monoisotopic (exact) mass is 87.0 g/mol. The molecule has 0 radical (unpaired) electrons. The molecule has 26 valence electrons. The lowest BCUT2D eigenvalue weighted by Crippen LogP contribution is -1.93. The van der Waals surface area contributed by atoms with Crippen molar-refractivity contribution in [2.24, 2.45) is 0 Å². The van der Waals surface area contributed by atoms with Gasteiger partial charge >= 0.3 is 18.2 Å². The SMILES string of the molecule is C1#[N+]SNC1. The summed E-state index contributed by atoms with van der Waals surface area (Å²) in [4.78, 5) is 0. The zero-order valence-electron chi connectivity index (χ0n) is 2.56. The summed E-state index contributed by atoms with van der Waals surface area (Å²) in [6, 6.07) is 2.70. The number of nitrogens with zero attached hydrogens (tertiary/aromatic N) is 1. The Kier molecular flexibility index (Phi) is 0.778. The van der Waals surface area contributed by atoms with E-state index in [1.807, 2.05) is 0 Å². The molecule has 0 aromatic carbocycles. The molecule has 1 rings (SSSR count). The molecule has 0 fully saturated rings. The second-order valence-electron chi connectivity index (χ2n) is 0.662. The van der Waals surface area contributed by atoms with Crippen LogP contribution in [0.1, 0.15) is 0 Å². The van der Waals surface area contributed by atoms with E-state index < -0.39 is 0 Å². The molecule has 1 aliphatic heterocycles. The third kappa shape index (κ3) is 0.534. The van der Waals surface area contributed by atoms with Crippen LogP contribution in [0, 0.1) is 6.07 Å². The zero-order chi connectivity index (χ0) is 3.54. The largest absolute Gasteiger partial charge is 0.407 e. The Balaban J connectivity index is 2.42. The standard InChI is InChI=1S/C2H3N2S/c1-2-4-5-3-1/h3H,1H2/q+1. The molecule has 5 heavy (non-hydrogen) atoms. The van der Waals surface area contributed by atoms with Crippen molar-refractivity contribution in [2.75, 3.05) is 6.54 Å². The van der Waals surface area contributed by atoms with E-state index in [0.717, 1.165) is 6.54 Å². The Bertz CT molecular complexity index is 71.4. The Morgan fingerprint density at radius 3 is 3.20 bits per heavy atom. The maximum absolute atomic E-state index is 3.64. The fourth-order valence-electron chi connectivity index (χ4n) is 0.161. The minimum Gasteiger partial charge on any atom is -0.169 e. The van der Waals surface area contributed by atoms with Crippen LogP contribution in [0.3, 0.4) is 0 Å². The van der Waals surface area contributed by atoms with E-state index >= 15 is 0 Å². The Hall–Kier alpha value is -0.200. The molecule has 0 atom stereocenters. The van der Waals surface area contributed by atoms with Crippen molar-refractivity contribution in [3.63, 3.8) is 0 Å². The van der Waals surface area contributed by atoms with Gasteiger partial charge in [0.25, 0.3) is 0 Å². The molecule has 3 heteroatoms. The first-order valence-corrected chi connectivity index (χ1v) is 2.09. The number of nitrogens with one attached hydrogen (secondary N) is 1. The van der Waals surface area contributed by atoms with Gasteiger partial charge < -0.3 is 0 Å². The van der Waals surface area contributed by atoms with Gasteiger partial charge in [0.1, 0.15) is 6.54 Å². The fourth-order valence-corrected chi connectivity index (χ4v) is 0.484. The topological polar surface area (TPSA) is 16.4 Å². The quantitative estimate of drug-likeness (QED) is 0.342. The summed E-state index contributed by atoms with van der Waals surface area (Å²) in [6.07, 6.45) is 0. The van der Waals surface area contributed by atoms with Gasteiger partial charge in [0.15, 0.2) is 0 Å². The van der Waals surface area contributed by atoms with Crippen LogP contribution in [0.15, 0.2) is 0 Å². The van der Waals surface area contributed by atoms with Gasteiger partial charge in [0, 0.05) is 4.25 Å². The third-order valence-electron chi connectivity index (χ3n) is 0.326. The molecule has 0 saturated heterocycles. The average Bonchev–Trinajstić information content (AvgIpc) is 1.76. The molecule has 0 aliphatic carbocycles. The van der Waals surface area contributed by atoms with Gasteiger partial charge in [-0.25, -0.2) is 0 Å². The predicted octanol–water partition coefficient (Wildman–Crippen LogP) is 0.486. The van der Waals surface area contributed by atoms with Crippen LogP contribution in [-0.4, -0.2) is 6.54 Å². The summed E-state index contributed by atoms with van der Waals surface area (Å²) in [6.45, 7) is 0.796. The molecule has 0 amide bonds. The van der Waals surface area contributed by atoms with Crippen molar-refractivity contribution in [1.29, 1.82) is 0 Å². The van der Waals surface area contributed by atoms with Gasteiger partial charge in [0.2, 0.25) is 0 Å².